The highest BCUT2D eigenvalue weighted by atomic mass is 32.2. The SMILES string of the molecule is CC(CC(N)=O)Nc1ccc(S(N)(=O)=O)cc1. The molecule has 1 amide bonds. The second-order valence-electron chi connectivity index (χ2n) is 3.79. The van der Waals surface area contributed by atoms with E-state index in [1.807, 2.05) is 0 Å². The van der Waals surface area contributed by atoms with Crippen molar-refractivity contribution < 1.29 is 13.2 Å². The van der Waals surface area contributed by atoms with Gasteiger partial charge in [-0.25, -0.2) is 13.6 Å². The minimum absolute atomic E-state index is 0.0469. The summed E-state index contributed by atoms with van der Waals surface area (Å²) in [5.41, 5.74) is 5.75. The van der Waals surface area contributed by atoms with Gasteiger partial charge in [-0.1, -0.05) is 0 Å². The zero-order valence-corrected chi connectivity index (χ0v) is 10.2. The summed E-state index contributed by atoms with van der Waals surface area (Å²) in [6.07, 6.45) is 0.205. The minimum Gasteiger partial charge on any atom is -0.382 e. The Balaban J connectivity index is 2.72. The molecule has 0 fully saturated rings. The molecule has 0 radical (unpaired) electrons. The number of carbonyl (C=O) groups excluding carboxylic acids is 1. The molecule has 0 heterocycles. The Morgan fingerprint density at radius 3 is 2.29 bits per heavy atom. The summed E-state index contributed by atoms with van der Waals surface area (Å²) in [4.78, 5) is 10.7. The van der Waals surface area contributed by atoms with Crippen LogP contribution in [0.25, 0.3) is 0 Å². The molecule has 1 rings (SSSR count). The fraction of sp³-hybridized carbons (Fsp3) is 0.300. The predicted octanol–water partition coefficient (Wildman–Crippen LogP) is 0.00980. The Labute approximate surface area is 100 Å². The second-order valence-corrected chi connectivity index (χ2v) is 5.35. The average Bonchev–Trinajstić information content (AvgIpc) is 2.15. The smallest absolute Gasteiger partial charge is 0.238 e. The van der Waals surface area contributed by atoms with Gasteiger partial charge in [0.2, 0.25) is 15.9 Å². The number of primary amides is 1. The van der Waals surface area contributed by atoms with Gasteiger partial charge < -0.3 is 11.1 Å². The van der Waals surface area contributed by atoms with Crippen molar-refractivity contribution in [2.45, 2.75) is 24.3 Å². The quantitative estimate of drug-likeness (QED) is 0.689. The van der Waals surface area contributed by atoms with E-state index in [0.717, 1.165) is 0 Å². The summed E-state index contributed by atoms with van der Waals surface area (Å²) in [5, 5.41) is 7.98. The van der Waals surface area contributed by atoms with E-state index in [1.54, 1.807) is 19.1 Å². The first kappa shape index (κ1) is 13.5. The van der Waals surface area contributed by atoms with Gasteiger partial charge in [0.1, 0.15) is 0 Å². The second kappa shape index (κ2) is 5.15. The van der Waals surface area contributed by atoms with E-state index in [1.165, 1.54) is 12.1 Å². The fourth-order valence-electron chi connectivity index (χ4n) is 1.38. The molecule has 17 heavy (non-hydrogen) atoms. The van der Waals surface area contributed by atoms with Gasteiger partial charge in [-0.05, 0) is 31.2 Å². The van der Waals surface area contributed by atoms with E-state index >= 15 is 0 Å². The standard InChI is InChI=1S/C10H15N3O3S/c1-7(6-10(11)14)13-8-2-4-9(5-3-8)17(12,15)16/h2-5,7,13H,6H2,1H3,(H2,11,14)(H2,12,15,16). The van der Waals surface area contributed by atoms with Gasteiger partial charge >= 0.3 is 0 Å². The number of carbonyl (C=O) groups is 1. The van der Waals surface area contributed by atoms with Crippen LogP contribution in [0, 0.1) is 0 Å². The Morgan fingerprint density at radius 2 is 1.88 bits per heavy atom. The molecule has 0 aliphatic rings. The van der Waals surface area contributed by atoms with Crippen LogP contribution in [0.15, 0.2) is 29.2 Å². The van der Waals surface area contributed by atoms with Crippen molar-refractivity contribution in [3.05, 3.63) is 24.3 Å². The number of benzene rings is 1. The van der Waals surface area contributed by atoms with Crippen LogP contribution < -0.4 is 16.2 Å². The number of anilines is 1. The molecule has 0 aliphatic carbocycles. The summed E-state index contributed by atoms with van der Waals surface area (Å²) in [5.74, 6) is -0.397. The van der Waals surface area contributed by atoms with Crippen LogP contribution in [-0.2, 0) is 14.8 Å². The largest absolute Gasteiger partial charge is 0.382 e. The molecule has 0 saturated carbocycles. The van der Waals surface area contributed by atoms with Crippen LogP contribution in [-0.4, -0.2) is 20.4 Å². The van der Waals surface area contributed by atoms with Gasteiger partial charge in [0.05, 0.1) is 4.90 Å². The predicted molar refractivity (Wildman–Crippen MR) is 64.7 cm³/mol. The lowest BCUT2D eigenvalue weighted by atomic mass is 10.2. The van der Waals surface area contributed by atoms with E-state index in [9.17, 15) is 13.2 Å². The van der Waals surface area contributed by atoms with Crippen molar-refractivity contribution in [2.24, 2.45) is 10.9 Å². The van der Waals surface area contributed by atoms with Crippen LogP contribution in [0.1, 0.15) is 13.3 Å². The lowest BCUT2D eigenvalue weighted by molar-refractivity contribution is -0.118. The van der Waals surface area contributed by atoms with Crippen LogP contribution in [0.5, 0.6) is 0 Å². The number of nitrogens with one attached hydrogen (secondary N) is 1. The first-order valence-electron chi connectivity index (χ1n) is 4.97. The van der Waals surface area contributed by atoms with Crippen molar-refractivity contribution in [3.63, 3.8) is 0 Å². The molecule has 6 nitrogen and oxygen atoms in total. The van der Waals surface area contributed by atoms with Crippen molar-refractivity contribution in [2.75, 3.05) is 5.32 Å². The highest BCUT2D eigenvalue weighted by molar-refractivity contribution is 7.89. The molecular weight excluding hydrogens is 242 g/mol. The fourth-order valence-corrected chi connectivity index (χ4v) is 1.89. The van der Waals surface area contributed by atoms with E-state index in [-0.39, 0.29) is 17.4 Å². The number of rotatable bonds is 5. The van der Waals surface area contributed by atoms with E-state index in [4.69, 9.17) is 10.9 Å². The molecule has 1 aromatic rings. The molecule has 94 valence electrons. The number of primary sulfonamides is 1. The number of sulfonamides is 1. The number of amides is 1. The van der Waals surface area contributed by atoms with Crippen LogP contribution in [0.4, 0.5) is 5.69 Å². The summed E-state index contributed by atoms with van der Waals surface area (Å²) < 4.78 is 22.0. The zero-order chi connectivity index (χ0) is 13.1. The third kappa shape index (κ3) is 4.41. The third-order valence-corrected chi connectivity index (χ3v) is 3.03. The van der Waals surface area contributed by atoms with Crippen molar-refractivity contribution in [3.8, 4) is 0 Å². The van der Waals surface area contributed by atoms with Gasteiger partial charge in [0.15, 0.2) is 0 Å². The van der Waals surface area contributed by atoms with E-state index < -0.39 is 15.9 Å². The molecule has 1 atom stereocenters. The molecule has 1 aromatic carbocycles. The van der Waals surface area contributed by atoms with Gasteiger partial charge in [-0.2, -0.15) is 0 Å². The topological polar surface area (TPSA) is 115 Å². The highest BCUT2D eigenvalue weighted by Crippen LogP contribution is 2.14. The van der Waals surface area contributed by atoms with Crippen molar-refractivity contribution in [1.82, 2.24) is 0 Å². The molecule has 0 aliphatic heterocycles. The number of hydrogen-bond acceptors (Lipinski definition) is 4. The first-order chi connectivity index (χ1) is 7.79. The first-order valence-corrected chi connectivity index (χ1v) is 6.51. The van der Waals surface area contributed by atoms with Crippen LogP contribution in [0.2, 0.25) is 0 Å². The summed E-state index contributed by atoms with van der Waals surface area (Å²) in [7, 11) is -3.67. The molecule has 0 spiro atoms. The highest BCUT2D eigenvalue weighted by Gasteiger charge is 2.08. The van der Waals surface area contributed by atoms with Crippen LogP contribution in [0.3, 0.4) is 0 Å². The van der Waals surface area contributed by atoms with Gasteiger partial charge in [-0.3, -0.25) is 4.79 Å². The molecule has 7 heteroatoms. The Hall–Kier alpha value is -1.60. The third-order valence-electron chi connectivity index (χ3n) is 2.10. The molecule has 5 N–H and O–H groups in total. The van der Waals surface area contributed by atoms with E-state index in [2.05, 4.69) is 5.32 Å². The Bertz CT molecular complexity index is 496. The monoisotopic (exact) mass is 257 g/mol. The maximum atomic E-state index is 11.0. The van der Waals surface area contributed by atoms with E-state index in [0.29, 0.717) is 5.69 Å². The molecular formula is C10H15N3O3S. The number of nitrogens with two attached hydrogens (primary N) is 2. The van der Waals surface area contributed by atoms with Gasteiger partial charge in [0, 0.05) is 18.2 Å². The maximum Gasteiger partial charge on any atom is 0.238 e. The summed E-state index contributed by atoms with van der Waals surface area (Å²) in [6, 6.07) is 5.84. The number of hydrogen-bond donors (Lipinski definition) is 3. The Kier molecular flexibility index (Phi) is 4.08. The van der Waals surface area contributed by atoms with Crippen molar-refractivity contribution >= 4 is 21.6 Å². The zero-order valence-electron chi connectivity index (χ0n) is 9.38. The molecule has 0 aromatic heterocycles. The molecule has 1 unspecified atom stereocenters. The molecule has 0 bridgehead atoms. The van der Waals surface area contributed by atoms with Gasteiger partial charge in [0.25, 0.3) is 0 Å². The maximum absolute atomic E-state index is 11.0. The molecule has 0 saturated heterocycles. The lowest BCUT2D eigenvalue weighted by Gasteiger charge is -2.13. The van der Waals surface area contributed by atoms with Gasteiger partial charge in [-0.15, -0.1) is 0 Å². The summed E-state index contributed by atoms with van der Waals surface area (Å²) >= 11 is 0. The minimum atomic E-state index is -3.67. The van der Waals surface area contributed by atoms with Crippen LogP contribution >= 0.6 is 0 Å². The Morgan fingerprint density at radius 1 is 1.35 bits per heavy atom. The average molecular weight is 257 g/mol. The lowest BCUT2D eigenvalue weighted by Crippen LogP contribution is -2.24. The normalized spacial score (nSPS) is 13.1. The van der Waals surface area contributed by atoms with Crippen molar-refractivity contribution in [1.29, 1.82) is 0 Å². The summed E-state index contributed by atoms with van der Waals surface area (Å²) in [6.45, 7) is 1.80.